The fourth-order valence-electron chi connectivity index (χ4n) is 5.28. The lowest BCUT2D eigenvalue weighted by Gasteiger charge is -2.36. The Hall–Kier alpha value is -2.28. The fourth-order valence-corrected chi connectivity index (χ4v) is 5.28. The van der Waals surface area contributed by atoms with E-state index in [0.29, 0.717) is 11.9 Å². The van der Waals surface area contributed by atoms with Crippen molar-refractivity contribution in [3.63, 3.8) is 0 Å². The molecule has 2 heterocycles. The van der Waals surface area contributed by atoms with Crippen LogP contribution in [0.3, 0.4) is 0 Å². The standard InChI is InChI=1S/C25H40N6O/c1-26-25(28-22-12-15-31(20-22)24(32)21-8-5-6-9-21)27-13-7-14-29-16-18-30(19-17-29)23-10-3-2-4-11-23/h2-4,10-11,21-22H,5-9,12-20H2,1H3,(H2,26,27,28). The van der Waals surface area contributed by atoms with Gasteiger partial charge in [-0.2, -0.15) is 0 Å². The SMILES string of the molecule is CN=C(NCCCN1CCN(c2ccccc2)CC1)NC1CCN(C(=O)C2CCCC2)C1. The third-order valence-corrected chi connectivity index (χ3v) is 7.21. The number of hydrogen-bond acceptors (Lipinski definition) is 4. The van der Waals surface area contributed by atoms with E-state index in [0.717, 1.165) is 84.0 Å². The first-order valence-corrected chi connectivity index (χ1v) is 12.5. The van der Waals surface area contributed by atoms with Crippen molar-refractivity contribution >= 4 is 17.6 Å². The number of piperazine rings is 1. The summed E-state index contributed by atoms with van der Waals surface area (Å²) >= 11 is 0. The molecule has 1 saturated carbocycles. The van der Waals surface area contributed by atoms with E-state index in [-0.39, 0.29) is 5.92 Å². The Bertz CT molecular complexity index is 740. The highest BCUT2D eigenvalue weighted by atomic mass is 16.2. The zero-order valence-electron chi connectivity index (χ0n) is 19.6. The van der Waals surface area contributed by atoms with Crippen LogP contribution in [-0.2, 0) is 4.79 Å². The first-order chi connectivity index (χ1) is 15.7. The molecule has 32 heavy (non-hydrogen) atoms. The van der Waals surface area contributed by atoms with Gasteiger partial charge in [0.05, 0.1) is 0 Å². The van der Waals surface area contributed by atoms with E-state index in [2.05, 4.69) is 60.7 Å². The van der Waals surface area contributed by atoms with Gasteiger partial charge >= 0.3 is 0 Å². The molecular weight excluding hydrogens is 400 g/mol. The topological polar surface area (TPSA) is 63.2 Å². The molecule has 0 spiro atoms. The number of guanidine groups is 1. The third-order valence-electron chi connectivity index (χ3n) is 7.21. The van der Waals surface area contributed by atoms with Crippen molar-refractivity contribution in [2.45, 2.75) is 44.6 Å². The molecule has 1 aromatic rings. The normalized spacial score (nSPS) is 23.0. The number of para-hydroxylation sites is 1. The summed E-state index contributed by atoms with van der Waals surface area (Å²) in [5.41, 5.74) is 1.33. The molecule has 7 heteroatoms. The Balaban J connectivity index is 1.10. The summed E-state index contributed by atoms with van der Waals surface area (Å²) < 4.78 is 0. The largest absolute Gasteiger partial charge is 0.369 e. The second kappa shape index (κ2) is 11.5. The van der Waals surface area contributed by atoms with Crippen molar-refractivity contribution in [2.75, 3.05) is 64.3 Å². The maximum Gasteiger partial charge on any atom is 0.225 e. The van der Waals surface area contributed by atoms with Crippen LogP contribution in [0.5, 0.6) is 0 Å². The molecule has 0 aromatic heterocycles. The van der Waals surface area contributed by atoms with Crippen LogP contribution < -0.4 is 15.5 Å². The van der Waals surface area contributed by atoms with Gasteiger partial charge in [-0.15, -0.1) is 0 Å². The first kappa shape index (κ1) is 22.9. The number of carbonyl (C=O) groups excluding carboxylic acids is 1. The van der Waals surface area contributed by atoms with Crippen LogP contribution in [0.15, 0.2) is 35.3 Å². The summed E-state index contributed by atoms with van der Waals surface area (Å²) in [6, 6.07) is 11.0. The van der Waals surface area contributed by atoms with Crippen molar-refractivity contribution < 1.29 is 4.79 Å². The minimum atomic E-state index is 0.278. The van der Waals surface area contributed by atoms with Gasteiger partial charge in [-0.1, -0.05) is 31.0 Å². The smallest absolute Gasteiger partial charge is 0.225 e. The Labute approximate surface area is 193 Å². The number of aliphatic imine (C=N–C) groups is 1. The van der Waals surface area contributed by atoms with Gasteiger partial charge in [0.2, 0.25) is 5.91 Å². The number of hydrogen-bond donors (Lipinski definition) is 2. The summed E-state index contributed by atoms with van der Waals surface area (Å²) in [7, 11) is 1.83. The van der Waals surface area contributed by atoms with Crippen molar-refractivity contribution in [2.24, 2.45) is 10.9 Å². The predicted octanol–water partition coefficient (Wildman–Crippen LogP) is 2.15. The van der Waals surface area contributed by atoms with Crippen LogP contribution in [0.1, 0.15) is 38.5 Å². The van der Waals surface area contributed by atoms with Crippen LogP contribution in [0.2, 0.25) is 0 Å². The highest BCUT2D eigenvalue weighted by Crippen LogP contribution is 2.27. The number of likely N-dealkylation sites (tertiary alicyclic amines) is 1. The summed E-state index contributed by atoms with van der Waals surface area (Å²) in [5, 5.41) is 7.00. The molecule has 1 atom stereocenters. The highest BCUT2D eigenvalue weighted by Gasteiger charge is 2.32. The molecule has 2 N–H and O–H groups in total. The number of amides is 1. The molecule has 176 valence electrons. The summed E-state index contributed by atoms with van der Waals surface area (Å²) in [6.45, 7) is 8.14. The van der Waals surface area contributed by atoms with Gasteiger partial charge < -0.3 is 20.4 Å². The Kier molecular flexibility index (Phi) is 8.26. The van der Waals surface area contributed by atoms with E-state index < -0.39 is 0 Å². The minimum absolute atomic E-state index is 0.278. The fraction of sp³-hybridized carbons (Fsp3) is 0.680. The third kappa shape index (κ3) is 6.15. The maximum atomic E-state index is 12.7. The van der Waals surface area contributed by atoms with Crippen molar-refractivity contribution in [1.82, 2.24) is 20.4 Å². The molecule has 1 amide bonds. The van der Waals surface area contributed by atoms with Gasteiger partial charge in [-0.05, 0) is 44.4 Å². The van der Waals surface area contributed by atoms with Gasteiger partial charge in [0, 0.05) is 70.5 Å². The van der Waals surface area contributed by atoms with Crippen molar-refractivity contribution in [3.05, 3.63) is 30.3 Å². The zero-order chi connectivity index (χ0) is 22.2. The molecule has 2 aliphatic heterocycles. The molecule has 1 unspecified atom stereocenters. The molecule has 7 nitrogen and oxygen atoms in total. The summed E-state index contributed by atoms with van der Waals surface area (Å²) in [6.07, 6.45) is 6.69. The van der Waals surface area contributed by atoms with Gasteiger partial charge in [0.1, 0.15) is 0 Å². The maximum absolute atomic E-state index is 12.7. The number of anilines is 1. The number of carbonyl (C=O) groups is 1. The Morgan fingerprint density at radius 2 is 1.78 bits per heavy atom. The van der Waals surface area contributed by atoms with E-state index in [9.17, 15) is 4.79 Å². The van der Waals surface area contributed by atoms with Crippen LogP contribution in [0.25, 0.3) is 0 Å². The van der Waals surface area contributed by atoms with E-state index in [1.807, 2.05) is 7.05 Å². The lowest BCUT2D eigenvalue weighted by molar-refractivity contribution is -0.134. The molecule has 4 rings (SSSR count). The van der Waals surface area contributed by atoms with Crippen molar-refractivity contribution in [3.8, 4) is 0 Å². The second-order valence-corrected chi connectivity index (χ2v) is 9.41. The predicted molar refractivity (Wildman–Crippen MR) is 131 cm³/mol. The summed E-state index contributed by atoms with van der Waals surface area (Å²) in [5.74, 6) is 1.52. The molecule has 3 aliphatic rings. The van der Waals surface area contributed by atoms with E-state index >= 15 is 0 Å². The number of nitrogens with zero attached hydrogens (tertiary/aromatic N) is 4. The molecule has 1 aliphatic carbocycles. The monoisotopic (exact) mass is 440 g/mol. The molecule has 1 aromatic carbocycles. The Morgan fingerprint density at radius 3 is 2.50 bits per heavy atom. The van der Waals surface area contributed by atoms with Crippen molar-refractivity contribution in [1.29, 1.82) is 0 Å². The van der Waals surface area contributed by atoms with Crippen LogP contribution in [0, 0.1) is 5.92 Å². The van der Waals surface area contributed by atoms with Gasteiger partial charge in [-0.3, -0.25) is 14.7 Å². The number of benzene rings is 1. The molecule has 2 saturated heterocycles. The first-order valence-electron chi connectivity index (χ1n) is 12.5. The minimum Gasteiger partial charge on any atom is -0.369 e. The lowest BCUT2D eigenvalue weighted by atomic mass is 10.1. The van der Waals surface area contributed by atoms with Crippen LogP contribution in [-0.4, -0.2) is 87.1 Å². The van der Waals surface area contributed by atoms with Gasteiger partial charge in [-0.25, -0.2) is 0 Å². The quantitative estimate of drug-likeness (QED) is 0.387. The lowest BCUT2D eigenvalue weighted by Crippen LogP contribution is -2.48. The highest BCUT2D eigenvalue weighted by molar-refractivity contribution is 5.81. The summed E-state index contributed by atoms with van der Waals surface area (Å²) in [4.78, 5) is 24.1. The molecule has 0 radical (unpaired) electrons. The average Bonchev–Trinajstić information content (AvgIpc) is 3.54. The number of nitrogens with one attached hydrogen (secondary N) is 2. The molecule has 0 bridgehead atoms. The second-order valence-electron chi connectivity index (χ2n) is 9.41. The number of rotatable bonds is 7. The van der Waals surface area contributed by atoms with E-state index in [1.165, 1.54) is 18.5 Å². The van der Waals surface area contributed by atoms with Gasteiger partial charge in [0.25, 0.3) is 0 Å². The van der Waals surface area contributed by atoms with E-state index in [4.69, 9.17) is 0 Å². The average molecular weight is 441 g/mol. The van der Waals surface area contributed by atoms with Crippen LogP contribution >= 0.6 is 0 Å². The van der Waals surface area contributed by atoms with Gasteiger partial charge in [0.15, 0.2) is 5.96 Å². The Morgan fingerprint density at radius 1 is 1.03 bits per heavy atom. The zero-order valence-corrected chi connectivity index (χ0v) is 19.6. The van der Waals surface area contributed by atoms with E-state index in [1.54, 1.807) is 0 Å². The molecule has 3 fully saturated rings. The molecular formula is C25H40N6O. The van der Waals surface area contributed by atoms with Crippen LogP contribution in [0.4, 0.5) is 5.69 Å².